The second kappa shape index (κ2) is 4.13. The Morgan fingerprint density at radius 1 is 1.36 bits per heavy atom. The van der Waals surface area contributed by atoms with Crippen molar-refractivity contribution in [3.05, 3.63) is 11.6 Å². The first-order valence-electron chi connectivity index (χ1n) is 5.30. The SMILES string of the molecule is CC1=CC(OC2CCCCC2)OC1=O. The van der Waals surface area contributed by atoms with Crippen LogP contribution in [0.1, 0.15) is 39.0 Å². The molecular weight excluding hydrogens is 180 g/mol. The summed E-state index contributed by atoms with van der Waals surface area (Å²) in [7, 11) is 0. The highest BCUT2D eigenvalue weighted by molar-refractivity contribution is 5.89. The van der Waals surface area contributed by atoms with Crippen molar-refractivity contribution in [1.82, 2.24) is 0 Å². The summed E-state index contributed by atoms with van der Waals surface area (Å²) >= 11 is 0. The van der Waals surface area contributed by atoms with Crippen LogP contribution in [-0.4, -0.2) is 18.4 Å². The number of cyclic esters (lactones) is 1. The Kier molecular flexibility index (Phi) is 2.87. The molecule has 3 nitrogen and oxygen atoms in total. The zero-order valence-corrected chi connectivity index (χ0v) is 8.49. The van der Waals surface area contributed by atoms with E-state index in [9.17, 15) is 4.79 Å². The van der Waals surface area contributed by atoms with Crippen molar-refractivity contribution >= 4 is 5.97 Å². The third-order valence-corrected chi connectivity index (χ3v) is 2.81. The monoisotopic (exact) mass is 196 g/mol. The highest BCUT2D eigenvalue weighted by Crippen LogP contribution is 2.24. The van der Waals surface area contributed by atoms with E-state index in [2.05, 4.69) is 0 Å². The van der Waals surface area contributed by atoms with Crippen molar-refractivity contribution in [2.45, 2.75) is 51.4 Å². The Morgan fingerprint density at radius 3 is 2.64 bits per heavy atom. The summed E-state index contributed by atoms with van der Waals surface area (Å²) in [6.45, 7) is 1.76. The molecule has 1 unspecified atom stereocenters. The van der Waals surface area contributed by atoms with Crippen molar-refractivity contribution in [1.29, 1.82) is 0 Å². The van der Waals surface area contributed by atoms with Crippen LogP contribution in [0.15, 0.2) is 11.6 Å². The minimum absolute atomic E-state index is 0.245. The number of carbonyl (C=O) groups excluding carboxylic acids is 1. The molecule has 0 aromatic rings. The van der Waals surface area contributed by atoms with Gasteiger partial charge in [0.25, 0.3) is 0 Å². The first-order valence-corrected chi connectivity index (χ1v) is 5.30. The van der Waals surface area contributed by atoms with Gasteiger partial charge in [0.15, 0.2) is 0 Å². The van der Waals surface area contributed by atoms with Crippen LogP contribution in [0.3, 0.4) is 0 Å². The molecule has 1 atom stereocenters. The van der Waals surface area contributed by atoms with Gasteiger partial charge in [0.1, 0.15) is 0 Å². The van der Waals surface area contributed by atoms with E-state index in [1.807, 2.05) is 0 Å². The molecule has 1 heterocycles. The summed E-state index contributed by atoms with van der Waals surface area (Å²) in [5.41, 5.74) is 0.658. The number of hydrogen-bond acceptors (Lipinski definition) is 3. The number of ether oxygens (including phenoxy) is 2. The highest BCUT2D eigenvalue weighted by Gasteiger charge is 2.26. The maximum Gasteiger partial charge on any atom is 0.336 e. The summed E-state index contributed by atoms with van der Waals surface area (Å²) in [6.07, 6.45) is 7.58. The van der Waals surface area contributed by atoms with Crippen LogP contribution < -0.4 is 0 Å². The van der Waals surface area contributed by atoms with Gasteiger partial charge in [-0.1, -0.05) is 19.3 Å². The summed E-state index contributed by atoms with van der Waals surface area (Å²) < 4.78 is 10.7. The van der Waals surface area contributed by atoms with E-state index in [4.69, 9.17) is 9.47 Å². The van der Waals surface area contributed by atoms with Crippen molar-refractivity contribution in [3.63, 3.8) is 0 Å². The molecular formula is C11H16O3. The van der Waals surface area contributed by atoms with Gasteiger partial charge in [-0.15, -0.1) is 0 Å². The van der Waals surface area contributed by atoms with Crippen LogP contribution in [0, 0.1) is 0 Å². The van der Waals surface area contributed by atoms with Crippen molar-refractivity contribution in [3.8, 4) is 0 Å². The molecule has 78 valence electrons. The third kappa shape index (κ3) is 2.15. The normalized spacial score (nSPS) is 28.8. The number of carbonyl (C=O) groups is 1. The van der Waals surface area contributed by atoms with Gasteiger partial charge < -0.3 is 9.47 Å². The van der Waals surface area contributed by atoms with Gasteiger partial charge >= 0.3 is 5.97 Å². The Morgan fingerprint density at radius 2 is 2.07 bits per heavy atom. The van der Waals surface area contributed by atoms with Crippen LogP contribution in [0.2, 0.25) is 0 Å². The number of esters is 1. The van der Waals surface area contributed by atoms with Gasteiger partial charge in [-0.25, -0.2) is 4.79 Å². The minimum atomic E-state index is -0.425. The molecule has 3 heteroatoms. The lowest BCUT2D eigenvalue weighted by molar-refractivity contribution is -0.169. The predicted molar refractivity (Wildman–Crippen MR) is 51.6 cm³/mol. The van der Waals surface area contributed by atoms with Crippen molar-refractivity contribution in [2.24, 2.45) is 0 Å². The molecule has 2 rings (SSSR count). The third-order valence-electron chi connectivity index (χ3n) is 2.81. The maximum absolute atomic E-state index is 11.1. The quantitative estimate of drug-likeness (QED) is 0.635. The van der Waals surface area contributed by atoms with Gasteiger partial charge in [0.05, 0.1) is 6.10 Å². The second-order valence-corrected chi connectivity index (χ2v) is 4.02. The lowest BCUT2D eigenvalue weighted by atomic mass is 9.98. The van der Waals surface area contributed by atoms with Gasteiger partial charge in [-0.05, 0) is 25.8 Å². The fourth-order valence-corrected chi connectivity index (χ4v) is 1.96. The van der Waals surface area contributed by atoms with Gasteiger partial charge in [0.2, 0.25) is 6.29 Å². The molecule has 1 fully saturated rings. The molecule has 1 aliphatic carbocycles. The summed E-state index contributed by atoms with van der Waals surface area (Å²) in [5.74, 6) is -0.245. The summed E-state index contributed by atoms with van der Waals surface area (Å²) in [4.78, 5) is 11.1. The van der Waals surface area contributed by atoms with E-state index in [-0.39, 0.29) is 12.1 Å². The van der Waals surface area contributed by atoms with E-state index >= 15 is 0 Å². The van der Waals surface area contributed by atoms with Crippen LogP contribution in [0.4, 0.5) is 0 Å². The van der Waals surface area contributed by atoms with E-state index in [0.29, 0.717) is 5.57 Å². The largest absolute Gasteiger partial charge is 0.429 e. The molecule has 0 bridgehead atoms. The Labute approximate surface area is 84.1 Å². The molecule has 0 N–H and O–H groups in total. The van der Waals surface area contributed by atoms with E-state index < -0.39 is 6.29 Å². The molecule has 0 aromatic carbocycles. The summed E-state index contributed by atoms with van der Waals surface area (Å²) in [6, 6.07) is 0. The van der Waals surface area contributed by atoms with E-state index in [1.54, 1.807) is 13.0 Å². The smallest absolute Gasteiger partial charge is 0.336 e. The Balaban J connectivity index is 1.83. The predicted octanol–water partition coefficient (Wildman–Crippen LogP) is 2.16. The highest BCUT2D eigenvalue weighted by atomic mass is 16.7. The average molecular weight is 196 g/mol. The zero-order valence-electron chi connectivity index (χ0n) is 8.49. The Hall–Kier alpha value is -0.830. The molecule has 1 aliphatic heterocycles. The lowest BCUT2D eigenvalue weighted by Gasteiger charge is -2.23. The first kappa shape index (κ1) is 9.71. The number of hydrogen-bond donors (Lipinski definition) is 0. The average Bonchev–Trinajstić information content (AvgIpc) is 2.47. The molecule has 0 saturated heterocycles. The first-order chi connectivity index (χ1) is 6.75. The molecule has 0 spiro atoms. The molecule has 2 aliphatic rings. The molecule has 1 saturated carbocycles. The molecule has 14 heavy (non-hydrogen) atoms. The molecule has 0 radical (unpaired) electrons. The fraction of sp³-hybridized carbons (Fsp3) is 0.727. The van der Waals surface area contributed by atoms with Crippen LogP contribution in [0.25, 0.3) is 0 Å². The van der Waals surface area contributed by atoms with Crippen molar-refractivity contribution < 1.29 is 14.3 Å². The fourth-order valence-electron chi connectivity index (χ4n) is 1.96. The molecule has 0 amide bonds. The van der Waals surface area contributed by atoms with Gasteiger partial charge in [-0.2, -0.15) is 0 Å². The zero-order chi connectivity index (χ0) is 9.97. The van der Waals surface area contributed by atoms with E-state index in [0.717, 1.165) is 12.8 Å². The van der Waals surface area contributed by atoms with Crippen molar-refractivity contribution in [2.75, 3.05) is 0 Å². The van der Waals surface area contributed by atoms with Crippen LogP contribution in [0.5, 0.6) is 0 Å². The Bertz CT molecular complexity index is 251. The number of rotatable bonds is 2. The van der Waals surface area contributed by atoms with Crippen LogP contribution in [-0.2, 0) is 14.3 Å². The van der Waals surface area contributed by atoms with Gasteiger partial charge in [-0.3, -0.25) is 0 Å². The second-order valence-electron chi connectivity index (χ2n) is 4.02. The van der Waals surface area contributed by atoms with E-state index in [1.165, 1.54) is 19.3 Å². The lowest BCUT2D eigenvalue weighted by Crippen LogP contribution is -2.23. The molecule has 0 aromatic heterocycles. The summed E-state index contributed by atoms with van der Waals surface area (Å²) in [5, 5.41) is 0. The van der Waals surface area contributed by atoms with Crippen LogP contribution >= 0.6 is 0 Å². The maximum atomic E-state index is 11.1. The standard InChI is InChI=1S/C11H16O3/c1-8-7-10(14-11(8)12)13-9-5-3-2-4-6-9/h7,9-10H,2-6H2,1H3. The topological polar surface area (TPSA) is 35.5 Å². The van der Waals surface area contributed by atoms with Gasteiger partial charge in [0, 0.05) is 5.57 Å². The minimum Gasteiger partial charge on any atom is -0.429 e.